The van der Waals surface area contributed by atoms with Gasteiger partial charge in [0, 0.05) is 12.0 Å². The van der Waals surface area contributed by atoms with Crippen molar-refractivity contribution in [3.8, 4) is 11.5 Å². The normalized spacial score (nSPS) is 9.79. The zero-order valence-electron chi connectivity index (χ0n) is 10.6. The quantitative estimate of drug-likeness (QED) is 0.277. The Kier molecular flexibility index (Phi) is 5.62. The van der Waals surface area contributed by atoms with Crippen LogP contribution in [0.1, 0.15) is 23.2 Å². The van der Waals surface area contributed by atoms with E-state index in [1.165, 1.54) is 13.2 Å². The number of rotatable bonds is 7. The molecule has 0 radical (unpaired) electrons. The van der Waals surface area contributed by atoms with Gasteiger partial charge in [-0.1, -0.05) is 0 Å². The summed E-state index contributed by atoms with van der Waals surface area (Å²) in [4.78, 5) is 21.9. The van der Waals surface area contributed by atoms with Crippen LogP contribution in [-0.2, 0) is 4.79 Å². The van der Waals surface area contributed by atoms with Gasteiger partial charge in [0.1, 0.15) is 0 Å². The van der Waals surface area contributed by atoms with Crippen molar-refractivity contribution in [1.82, 2.24) is 5.43 Å². The minimum absolute atomic E-state index is 0.250. The van der Waals surface area contributed by atoms with Crippen LogP contribution in [0.15, 0.2) is 18.2 Å². The first-order valence-electron chi connectivity index (χ1n) is 5.68. The second-order valence-electron chi connectivity index (χ2n) is 3.75. The number of primary amides is 1. The van der Waals surface area contributed by atoms with Crippen LogP contribution >= 0.6 is 0 Å². The third kappa shape index (κ3) is 4.47. The van der Waals surface area contributed by atoms with Gasteiger partial charge in [-0.3, -0.25) is 15.0 Å². The van der Waals surface area contributed by atoms with Crippen molar-refractivity contribution in [1.29, 1.82) is 0 Å². The Morgan fingerprint density at radius 2 is 2.05 bits per heavy atom. The molecule has 19 heavy (non-hydrogen) atoms. The fourth-order valence-electron chi connectivity index (χ4n) is 1.43. The van der Waals surface area contributed by atoms with E-state index in [1.54, 1.807) is 12.1 Å². The standard InChI is InChI=1S/C12H17N3O4/c1-18-10-7-8(12(13)17)4-5-9(10)19-6-2-3-11(16)15-14/h4-5,7H,2-3,6,14H2,1H3,(H2,13,17)(H,15,16). The van der Waals surface area contributed by atoms with E-state index in [0.29, 0.717) is 30.1 Å². The van der Waals surface area contributed by atoms with E-state index in [9.17, 15) is 9.59 Å². The first kappa shape index (κ1) is 14.8. The lowest BCUT2D eigenvalue weighted by Crippen LogP contribution is -2.29. The van der Waals surface area contributed by atoms with E-state index in [1.807, 2.05) is 5.43 Å². The molecule has 0 fully saturated rings. The maximum Gasteiger partial charge on any atom is 0.248 e. The second kappa shape index (κ2) is 7.22. The summed E-state index contributed by atoms with van der Waals surface area (Å²) in [7, 11) is 1.47. The fraction of sp³-hybridized carbons (Fsp3) is 0.333. The van der Waals surface area contributed by atoms with Gasteiger partial charge in [-0.2, -0.15) is 0 Å². The molecule has 7 heteroatoms. The topological polar surface area (TPSA) is 117 Å². The number of methoxy groups -OCH3 is 1. The highest BCUT2D eigenvalue weighted by Crippen LogP contribution is 2.28. The summed E-state index contributed by atoms with van der Waals surface area (Å²) in [5.74, 6) is 5.07. The molecule has 2 amide bonds. The molecule has 5 N–H and O–H groups in total. The summed E-state index contributed by atoms with van der Waals surface area (Å²) in [5.41, 5.74) is 7.54. The van der Waals surface area contributed by atoms with E-state index in [0.717, 1.165) is 0 Å². The van der Waals surface area contributed by atoms with Crippen LogP contribution in [0, 0.1) is 0 Å². The second-order valence-corrected chi connectivity index (χ2v) is 3.75. The first-order chi connectivity index (χ1) is 9.08. The van der Waals surface area contributed by atoms with Crippen molar-refractivity contribution < 1.29 is 19.1 Å². The summed E-state index contributed by atoms with van der Waals surface area (Å²) >= 11 is 0. The molecule has 0 aliphatic heterocycles. The number of carbonyl (C=O) groups is 2. The number of ether oxygens (including phenoxy) is 2. The monoisotopic (exact) mass is 267 g/mol. The first-order valence-corrected chi connectivity index (χ1v) is 5.68. The smallest absolute Gasteiger partial charge is 0.248 e. The maximum absolute atomic E-state index is 11.0. The Bertz CT molecular complexity index is 462. The number of amides is 2. The molecule has 0 saturated carbocycles. The highest BCUT2D eigenvalue weighted by molar-refractivity contribution is 5.93. The van der Waals surface area contributed by atoms with Crippen LogP contribution in [0.2, 0.25) is 0 Å². The molecule has 0 heterocycles. The summed E-state index contributed by atoms with van der Waals surface area (Å²) in [6.07, 6.45) is 0.794. The summed E-state index contributed by atoms with van der Waals surface area (Å²) in [5, 5.41) is 0. The molecule has 1 aromatic rings. The minimum atomic E-state index is -0.538. The lowest BCUT2D eigenvalue weighted by atomic mass is 10.2. The molecular weight excluding hydrogens is 250 g/mol. The molecule has 1 rings (SSSR count). The third-order valence-electron chi connectivity index (χ3n) is 2.41. The van der Waals surface area contributed by atoms with E-state index in [4.69, 9.17) is 21.1 Å². The molecule has 0 aromatic heterocycles. The van der Waals surface area contributed by atoms with Crippen LogP contribution in [0.5, 0.6) is 11.5 Å². The number of benzene rings is 1. The molecule has 0 saturated heterocycles. The predicted octanol–water partition coefficient (Wildman–Crippen LogP) is -0.0570. The minimum Gasteiger partial charge on any atom is -0.493 e. The SMILES string of the molecule is COc1cc(C(N)=O)ccc1OCCCC(=O)NN. The van der Waals surface area contributed by atoms with Crippen molar-refractivity contribution in [3.63, 3.8) is 0 Å². The van der Waals surface area contributed by atoms with Gasteiger partial charge in [0.2, 0.25) is 11.8 Å². The van der Waals surface area contributed by atoms with Gasteiger partial charge in [-0.05, 0) is 24.6 Å². The Hall–Kier alpha value is -2.28. The zero-order chi connectivity index (χ0) is 14.3. The Morgan fingerprint density at radius 1 is 1.32 bits per heavy atom. The van der Waals surface area contributed by atoms with E-state index in [-0.39, 0.29) is 12.3 Å². The van der Waals surface area contributed by atoms with Gasteiger partial charge in [-0.25, -0.2) is 5.84 Å². The highest BCUT2D eigenvalue weighted by Gasteiger charge is 2.09. The average Bonchev–Trinajstić information content (AvgIpc) is 2.42. The van der Waals surface area contributed by atoms with E-state index >= 15 is 0 Å². The molecule has 0 aliphatic rings. The van der Waals surface area contributed by atoms with Crippen LogP contribution in [0.3, 0.4) is 0 Å². The fourth-order valence-corrected chi connectivity index (χ4v) is 1.43. The van der Waals surface area contributed by atoms with Gasteiger partial charge in [0.25, 0.3) is 0 Å². The van der Waals surface area contributed by atoms with Gasteiger partial charge >= 0.3 is 0 Å². The molecule has 104 valence electrons. The molecule has 0 bridgehead atoms. The Labute approximate surface area is 110 Å². The Morgan fingerprint density at radius 3 is 2.63 bits per heavy atom. The molecule has 1 aromatic carbocycles. The van der Waals surface area contributed by atoms with E-state index in [2.05, 4.69) is 0 Å². The van der Waals surface area contributed by atoms with Crippen LogP contribution < -0.4 is 26.5 Å². The highest BCUT2D eigenvalue weighted by atomic mass is 16.5. The largest absolute Gasteiger partial charge is 0.493 e. The van der Waals surface area contributed by atoms with Crippen molar-refractivity contribution in [2.24, 2.45) is 11.6 Å². The predicted molar refractivity (Wildman–Crippen MR) is 68.6 cm³/mol. The number of nitrogens with two attached hydrogens (primary N) is 2. The molecular formula is C12H17N3O4. The number of hydrazine groups is 1. The number of nitrogens with one attached hydrogen (secondary N) is 1. The van der Waals surface area contributed by atoms with Crippen LogP contribution in [0.4, 0.5) is 0 Å². The van der Waals surface area contributed by atoms with Crippen molar-refractivity contribution in [2.45, 2.75) is 12.8 Å². The Balaban J connectivity index is 2.58. The van der Waals surface area contributed by atoms with Gasteiger partial charge in [0.15, 0.2) is 11.5 Å². The summed E-state index contributed by atoms with van der Waals surface area (Å²) in [6.45, 7) is 0.333. The average molecular weight is 267 g/mol. The zero-order valence-corrected chi connectivity index (χ0v) is 10.6. The molecule has 0 aliphatic carbocycles. The molecule has 0 atom stereocenters. The maximum atomic E-state index is 11.0. The van der Waals surface area contributed by atoms with Crippen LogP contribution in [0.25, 0.3) is 0 Å². The number of carbonyl (C=O) groups excluding carboxylic acids is 2. The summed E-state index contributed by atoms with van der Waals surface area (Å²) in [6, 6.07) is 4.65. The lowest BCUT2D eigenvalue weighted by Gasteiger charge is -2.11. The van der Waals surface area contributed by atoms with Crippen molar-refractivity contribution in [3.05, 3.63) is 23.8 Å². The number of hydrogen-bond donors (Lipinski definition) is 3. The van der Waals surface area contributed by atoms with Gasteiger partial charge < -0.3 is 15.2 Å². The molecule has 0 spiro atoms. The van der Waals surface area contributed by atoms with Crippen molar-refractivity contribution >= 4 is 11.8 Å². The lowest BCUT2D eigenvalue weighted by molar-refractivity contribution is -0.121. The third-order valence-corrected chi connectivity index (χ3v) is 2.41. The van der Waals surface area contributed by atoms with E-state index < -0.39 is 5.91 Å². The number of hydrogen-bond acceptors (Lipinski definition) is 5. The van der Waals surface area contributed by atoms with Crippen LogP contribution in [-0.4, -0.2) is 25.5 Å². The van der Waals surface area contributed by atoms with Gasteiger partial charge in [0.05, 0.1) is 13.7 Å². The van der Waals surface area contributed by atoms with Gasteiger partial charge in [-0.15, -0.1) is 0 Å². The van der Waals surface area contributed by atoms with Crippen molar-refractivity contribution in [2.75, 3.05) is 13.7 Å². The summed E-state index contributed by atoms with van der Waals surface area (Å²) < 4.78 is 10.6. The molecule has 0 unspecified atom stereocenters. The molecule has 7 nitrogen and oxygen atoms in total.